The van der Waals surface area contributed by atoms with E-state index in [0.29, 0.717) is 5.56 Å². The highest BCUT2D eigenvalue weighted by molar-refractivity contribution is 5.96. The summed E-state index contributed by atoms with van der Waals surface area (Å²) in [4.78, 5) is 30.2. The molecule has 6 heteroatoms. The van der Waals surface area contributed by atoms with Crippen LogP contribution >= 0.6 is 0 Å². The Morgan fingerprint density at radius 1 is 1.25 bits per heavy atom. The smallest absolute Gasteiger partial charge is 0.360 e. The molecular formula is C18H22N2O4. The van der Waals surface area contributed by atoms with Gasteiger partial charge in [0.05, 0.1) is 13.7 Å². The second-order valence-corrected chi connectivity index (χ2v) is 6.50. The molecule has 0 aliphatic rings. The van der Waals surface area contributed by atoms with Crippen molar-refractivity contribution in [2.45, 2.75) is 39.8 Å². The highest BCUT2D eigenvalue weighted by Gasteiger charge is 2.30. The van der Waals surface area contributed by atoms with Gasteiger partial charge in [0.2, 0.25) is 5.89 Å². The summed E-state index contributed by atoms with van der Waals surface area (Å²) in [6.07, 6.45) is 1.24. The summed E-state index contributed by atoms with van der Waals surface area (Å²) in [5.41, 5.74) is 1.18. The minimum atomic E-state index is -0.572. The van der Waals surface area contributed by atoms with E-state index in [2.05, 4.69) is 9.72 Å². The van der Waals surface area contributed by atoms with Crippen LogP contribution in [0.5, 0.6) is 0 Å². The molecule has 0 aliphatic carbocycles. The van der Waals surface area contributed by atoms with Gasteiger partial charge in [-0.15, -0.1) is 0 Å². The van der Waals surface area contributed by atoms with Crippen molar-refractivity contribution < 1.29 is 18.7 Å². The maximum Gasteiger partial charge on any atom is 0.360 e. The number of methoxy groups -OCH3 is 1. The van der Waals surface area contributed by atoms with Gasteiger partial charge in [-0.3, -0.25) is 4.79 Å². The monoisotopic (exact) mass is 330 g/mol. The van der Waals surface area contributed by atoms with E-state index >= 15 is 0 Å². The average Bonchev–Trinajstić information content (AvgIpc) is 2.99. The summed E-state index contributed by atoms with van der Waals surface area (Å²) in [5, 5.41) is 0. The predicted octanol–water partition coefficient (Wildman–Crippen LogP) is 3.21. The topological polar surface area (TPSA) is 72.6 Å². The third kappa shape index (κ3) is 3.82. The van der Waals surface area contributed by atoms with E-state index in [9.17, 15) is 9.59 Å². The number of aryl methyl sites for hydroxylation is 1. The van der Waals surface area contributed by atoms with E-state index in [0.717, 1.165) is 5.56 Å². The number of hydrogen-bond donors (Lipinski definition) is 0. The molecule has 6 nitrogen and oxygen atoms in total. The third-order valence-electron chi connectivity index (χ3n) is 3.67. The van der Waals surface area contributed by atoms with Crippen molar-refractivity contribution in [3.05, 3.63) is 53.2 Å². The van der Waals surface area contributed by atoms with E-state index in [-0.39, 0.29) is 24.0 Å². The number of aromatic nitrogens is 1. The Labute approximate surface area is 141 Å². The summed E-state index contributed by atoms with van der Waals surface area (Å²) in [6, 6.07) is 7.42. The molecule has 0 saturated carbocycles. The highest BCUT2D eigenvalue weighted by atomic mass is 16.5. The number of carbonyl (C=O) groups excluding carboxylic acids is 2. The van der Waals surface area contributed by atoms with Crippen LogP contribution in [0.25, 0.3) is 0 Å². The molecule has 0 fully saturated rings. The van der Waals surface area contributed by atoms with Gasteiger partial charge in [-0.2, -0.15) is 0 Å². The first-order chi connectivity index (χ1) is 11.2. The van der Waals surface area contributed by atoms with Gasteiger partial charge in [0.1, 0.15) is 6.26 Å². The Morgan fingerprint density at radius 3 is 2.50 bits per heavy atom. The molecule has 0 atom stereocenters. The summed E-state index contributed by atoms with van der Waals surface area (Å²) in [5.74, 6) is -0.400. The quantitative estimate of drug-likeness (QED) is 0.805. The lowest BCUT2D eigenvalue weighted by atomic mass is 10.0. The molecule has 0 radical (unpaired) electrons. The van der Waals surface area contributed by atoms with E-state index in [1.165, 1.54) is 13.4 Å². The fraction of sp³-hybridized carbons (Fsp3) is 0.389. The first kappa shape index (κ1) is 17.7. The fourth-order valence-corrected chi connectivity index (χ4v) is 2.29. The van der Waals surface area contributed by atoms with Crippen molar-refractivity contribution in [3.8, 4) is 0 Å². The number of benzene rings is 1. The van der Waals surface area contributed by atoms with Crippen LogP contribution in [0.3, 0.4) is 0 Å². The van der Waals surface area contributed by atoms with Gasteiger partial charge >= 0.3 is 5.97 Å². The summed E-state index contributed by atoms with van der Waals surface area (Å²) >= 11 is 0. The Bertz CT molecular complexity index is 743. The Morgan fingerprint density at radius 2 is 1.92 bits per heavy atom. The van der Waals surface area contributed by atoms with Crippen molar-refractivity contribution in [1.29, 1.82) is 0 Å². The molecule has 1 aromatic heterocycles. The molecule has 0 spiro atoms. The van der Waals surface area contributed by atoms with Crippen LogP contribution in [0.1, 0.15) is 53.1 Å². The number of rotatable bonds is 4. The van der Waals surface area contributed by atoms with E-state index in [1.54, 1.807) is 11.0 Å². The first-order valence-corrected chi connectivity index (χ1v) is 7.64. The number of hydrogen-bond acceptors (Lipinski definition) is 5. The van der Waals surface area contributed by atoms with Gasteiger partial charge in [-0.05, 0) is 39.3 Å². The number of amides is 1. The normalized spacial score (nSPS) is 11.2. The molecule has 0 unspecified atom stereocenters. The van der Waals surface area contributed by atoms with Crippen LogP contribution in [0.15, 0.2) is 34.9 Å². The third-order valence-corrected chi connectivity index (χ3v) is 3.67. The molecule has 0 N–H and O–H groups in total. The minimum absolute atomic E-state index is 0.0877. The van der Waals surface area contributed by atoms with Crippen LogP contribution in [0.4, 0.5) is 0 Å². The van der Waals surface area contributed by atoms with Crippen molar-refractivity contribution in [2.75, 3.05) is 7.11 Å². The largest absolute Gasteiger partial charge is 0.464 e. The van der Waals surface area contributed by atoms with E-state index in [1.807, 2.05) is 45.9 Å². The predicted molar refractivity (Wildman–Crippen MR) is 88.6 cm³/mol. The van der Waals surface area contributed by atoms with Gasteiger partial charge in [0.15, 0.2) is 5.69 Å². The molecule has 24 heavy (non-hydrogen) atoms. The van der Waals surface area contributed by atoms with Crippen LogP contribution < -0.4 is 0 Å². The molecule has 0 saturated heterocycles. The highest BCUT2D eigenvalue weighted by Crippen LogP contribution is 2.22. The summed E-state index contributed by atoms with van der Waals surface area (Å²) < 4.78 is 9.94. The maximum absolute atomic E-state index is 13.0. The molecule has 2 aromatic rings. The molecule has 2 rings (SSSR count). The molecular weight excluding hydrogens is 308 g/mol. The summed E-state index contributed by atoms with van der Waals surface area (Å²) in [6.45, 7) is 7.87. The van der Waals surface area contributed by atoms with Crippen LogP contribution in [0.2, 0.25) is 0 Å². The SMILES string of the molecule is COC(=O)c1coc(CN(C(=O)c2ccccc2C)C(C)(C)C)n1. The minimum Gasteiger partial charge on any atom is -0.464 e. The molecule has 1 aromatic carbocycles. The average molecular weight is 330 g/mol. The van der Waals surface area contributed by atoms with Gasteiger partial charge in [0.25, 0.3) is 5.91 Å². The Hall–Kier alpha value is -2.63. The number of oxazole rings is 1. The maximum atomic E-state index is 13.0. The zero-order valence-corrected chi connectivity index (χ0v) is 14.6. The second kappa shape index (κ2) is 6.86. The number of esters is 1. The second-order valence-electron chi connectivity index (χ2n) is 6.50. The summed E-state index contributed by atoms with van der Waals surface area (Å²) in [7, 11) is 1.28. The zero-order chi connectivity index (χ0) is 17.9. The van der Waals surface area contributed by atoms with Crippen LogP contribution in [0, 0.1) is 6.92 Å². The molecule has 0 bridgehead atoms. The lowest BCUT2D eigenvalue weighted by Gasteiger charge is -2.35. The van der Waals surface area contributed by atoms with Crippen LogP contribution in [-0.2, 0) is 11.3 Å². The van der Waals surface area contributed by atoms with Crippen molar-refractivity contribution in [2.24, 2.45) is 0 Å². The Balaban J connectivity index is 2.30. The number of ether oxygens (including phenoxy) is 1. The van der Waals surface area contributed by atoms with Gasteiger partial charge in [-0.25, -0.2) is 9.78 Å². The molecule has 1 heterocycles. The van der Waals surface area contributed by atoms with Gasteiger partial charge in [-0.1, -0.05) is 18.2 Å². The van der Waals surface area contributed by atoms with Gasteiger partial charge < -0.3 is 14.1 Å². The zero-order valence-electron chi connectivity index (χ0n) is 14.6. The van der Waals surface area contributed by atoms with Crippen LogP contribution in [-0.4, -0.2) is 34.4 Å². The number of carbonyl (C=O) groups is 2. The molecule has 1 amide bonds. The van der Waals surface area contributed by atoms with Crippen molar-refractivity contribution in [3.63, 3.8) is 0 Å². The molecule has 128 valence electrons. The fourth-order valence-electron chi connectivity index (χ4n) is 2.29. The van der Waals surface area contributed by atoms with Gasteiger partial charge in [0, 0.05) is 11.1 Å². The molecule has 0 aliphatic heterocycles. The standard InChI is InChI=1S/C18H22N2O4/c1-12-8-6-7-9-13(12)16(21)20(18(2,3)4)10-15-19-14(11-24-15)17(22)23-5/h6-9,11H,10H2,1-5H3. The van der Waals surface area contributed by atoms with Crippen molar-refractivity contribution in [1.82, 2.24) is 9.88 Å². The van der Waals surface area contributed by atoms with E-state index in [4.69, 9.17) is 4.42 Å². The lowest BCUT2D eigenvalue weighted by Crippen LogP contribution is -2.45. The lowest BCUT2D eigenvalue weighted by molar-refractivity contribution is 0.0532. The van der Waals surface area contributed by atoms with E-state index < -0.39 is 11.5 Å². The Kier molecular flexibility index (Phi) is 5.07. The number of nitrogens with zero attached hydrogens (tertiary/aromatic N) is 2. The first-order valence-electron chi connectivity index (χ1n) is 7.64. The van der Waals surface area contributed by atoms with Crippen molar-refractivity contribution >= 4 is 11.9 Å².